The Hall–Kier alpha value is 1.02. The summed E-state index contributed by atoms with van der Waals surface area (Å²) >= 11 is 17.8. The van der Waals surface area contributed by atoms with Crippen LogP contribution in [0, 0.1) is 0 Å². The van der Waals surface area contributed by atoms with Gasteiger partial charge in [-0.15, -0.1) is 0 Å². The van der Waals surface area contributed by atoms with Crippen molar-refractivity contribution in [2.75, 3.05) is 26.2 Å². The predicted octanol–water partition coefficient (Wildman–Crippen LogP) is 4.19. The van der Waals surface area contributed by atoms with Crippen LogP contribution in [0.25, 0.3) is 0 Å². The Kier molecular flexibility index (Phi) is 7.25. The zero-order valence-electron chi connectivity index (χ0n) is 10.2. The minimum Gasteiger partial charge on any atom is -0.284 e. The van der Waals surface area contributed by atoms with Gasteiger partial charge in [0.25, 0.3) is 11.0 Å². The van der Waals surface area contributed by atoms with Crippen molar-refractivity contribution < 1.29 is 4.57 Å². The fourth-order valence-corrected chi connectivity index (χ4v) is 6.17. The maximum Gasteiger partial charge on any atom is 0.269 e. The topological polar surface area (TPSA) is 23.6 Å². The Morgan fingerprint density at radius 3 is 1.25 bits per heavy atom. The Balaban J connectivity index is 5.43. The van der Waals surface area contributed by atoms with Crippen molar-refractivity contribution in [2.24, 2.45) is 0 Å². The van der Waals surface area contributed by atoms with E-state index in [9.17, 15) is 4.57 Å². The molecular formula is C9H20Cl3N2OP. The Morgan fingerprint density at radius 1 is 0.875 bits per heavy atom. The predicted molar refractivity (Wildman–Crippen MR) is 73.7 cm³/mol. The van der Waals surface area contributed by atoms with Crippen LogP contribution < -0.4 is 0 Å². The average molecular weight is 310 g/mol. The van der Waals surface area contributed by atoms with Gasteiger partial charge < -0.3 is 0 Å². The van der Waals surface area contributed by atoms with E-state index in [0.717, 1.165) is 0 Å². The third-order valence-electron chi connectivity index (χ3n) is 2.56. The van der Waals surface area contributed by atoms with Crippen molar-refractivity contribution in [3.05, 3.63) is 0 Å². The molecule has 0 radical (unpaired) electrons. The minimum atomic E-state index is -3.16. The quantitative estimate of drug-likeness (QED) is 0.543. The molecule has 0 aliphatic heterocycles. The Labute approximate surface area is 113 Å². The first-order valence-electron chi connectivity index (χ1n) is 5.47. The number of hydrogen-bond donors (Lipinski definition) is 0. The second-order valence-corrected chi connectivity index (χ2v) is 9.25. The van der Waals surface area contributed by atoms with E-state index in [-0.39, 0.29) is 0 Å². The fraction of sp³-hybridized carbons (Fsp3) is 1.00. The van der Waals surface area contributed by atoms with Crippen LogP contribution in [0.3, 0.4) is 0 Å². The molecule has 0 rings (SSSR count). The molecule has 0 aromatic heterocycles. The molecule has 0 saturated carbocycles. The van der Waals surface area contributed by atoms with Gasteiger partial charge in [-0.3, -0.25) is 4.57 Å². The molecule has 7 heteroatoms. The lowest BCUT2D eigenvalue weighted by atomic mass is 10.7. The van der Waals surface area contributed by atoms with Gasteiger partial charge in [-0.2, -0.15) is 0 Å². The molecule has 0 N–H and O–H groups in total. The number of nitrogens with zero attached hydrogens (tertiary/aromatic N) is 2. The molecule has 3 nitrogen and oxygen atoms in total. The monoisotopic (exact) mass is 308 g/mol. The summed E-state index contributed by atoms with van der Waals surface area (Å²) < 4.78 is 14.7. The zero-order valence-corrected chi connectivity index (χ0v) is 13.4. The van der Waals surface area contributed by atoms with E-state index in [4.69, 9.17) is 34.8 Å². The van der Waals surface area contributed by atoms with E-state index in [1.165, 1.54) is 0 Å². The van der Waals surface area contributed by atoms with Crippen LogP contribution in [0.4, 0.5) is 0 Å². The van der Waals surface area contributed by atoms with Crippen LogP contribution >= 0.6 is 42.2 Å². The molecule has 0 amide bonds. The Bertz CT molecular complexity index is 234. The van der Waals surface area contributed by atoms with Gasteiger partial charge in [0.05, 0.1) is 0 Å². The molecule has 0 saturated heterocycles. The first-order valence-corrected chi connectivity index (χ1v) is 8.21. The van der Waals surface area contributed by atoms with Gasteiger partial charge in [0, 0.05) is 26.2 Å². The van der Waals surface area contributed by atoms with E-state index >= 15 is 0 Å². The maximum atomic E-state index is 13.0. The van der Waals surface area contributed by atoms with Crippen LogP contribution in [-0.4, -0.2) is 39.1 Å². The molecular weight excluding hydrogens is 289 g/mol. The van der Waals surface area contributed by atoms with Gasteiger partial charge in [0.2, 0.25) is 0 Å². The van der Waals surface area contributed by atoms with Crippen LogP contribution in [0.5, 0.6) is 0 Å². The lowest BCUT2D eigenvalue weighted by molar-refractivity contribution is 0.359. The molecule has 98 valence electrons. The van der Waals surface area contributed by atoms with E-state index < -0.39 is 11.0 Å². The largest absolute Gasteiger partial charge is 0.284 e. The van der Waals surface area contributed by atoms with Crippen molar-refractivity contribution in [1.29, 1.82) is 0 Å². The number of rotatable bonds is 6. The van der Waals surface area contributed by atoms with Gasteiger partial charge >= 0.3 is 0 Å². The molecule has 0 aliphatic carbocycles. The molecule has 0 heterocycles. The number of halogens is 3. The summed E-state index contributed by atoms with van der Waals surface area (Å²) in [6, 6.07) is 0. The van der Waals surface area contributed by atoms with Crippen LogP contribution in [-0.2, 0) is 4.57 Å². The van der Waals surface area contributed by atoms with E-state index in [2.05, 4.69) is 0 Å². The van der Waals surface area contributed by atoms with Crippen molar-refractivity contribution in [3.63, 3.8) is 0 Å². The van der Waals surface area contributed by atoms with Gasteiger partial charge in [-0.1, -0.05) is 62.5 Å². The zero-order chi connectivity index (χ0) is 13.0. The SMILES string of the molecule is CCN(CC)P(=O)(N(CC)CC)C(Cl)(Cl)Cl. The molecule has 16 heavy (non-hydrogen) atoms. The molecule has 0 aromatic rings. The van der Waals surface area contributed by atoms with Crippen molar-refractivity contribution in [1.82, 2.24) is 9.34 Å². The first kappa shape index (κ1) is 17.0. The highest BCUT2D eigenvalue weighted by molar-refractivity contribution is 7.67. The van der Waals surface area contributed by atoms with Crippen LogP contribution in [0.1, 0.15) is 27.7 Å². The van der Waals surface area contributed by atoms with Crippen molar-refractivity contribution in [3.8, 4) is 0 Å². The highest BCUT2D eigenvalue weighted by Crippen LogP contribution is 2.69. The summed E-state index contributed by atoms with van der Waals surface area (Å²) in [5.74, 6) is 0. The van der Waals surface area contributed by atoms with Crippen LogP contribution in [0.15, 0.2) is 0 Å². The highest BCUT2D eigenvalue weighted by atomic mass is 35.6. The first-order chi connectivity index (χ1) is 7.29. The van der Waals surface area contributed by atoms with Gasteiger partial charge in [-0.25, -0.2) is 9.34 Å². The second kappa shape index (κ2) is 6.82. The molecule has 0 unspecified atom stereocenters. The molecule has 0 fully saturated rings. The fourth-order valence-electron chi connectivity index (χ4n) is 1.71. The number of hydrogen-bond acceptors (Lipinski definition) is 1. The summed E-state index contributed by atoms with van der Waals surface area (Å²) in [5, 5.41) is 0. The van der Waals surface area contributed by atoms with Crippen molar-refractivity contribution in [2.45, 2.75) is 31.2 Å². The summed E-state index contributed by atoms with van der Waals surface area (Å²) in [6.45, 7) is 10.0. The highest BCUT2D eigenvalue weighted by Gasteiger charge is 2.51. The molecule has 0 aromatic carbocycles. The van der Waals surface area contributed by atoms with Gasteiger partial charge in [0.1, 0.15) is 0 Å². The van der Waals surface area contributed by atoms with Crippen LogP contribution in [0.2, 0.25) is 0 Å². The normalized spacial score (nSPS) is 13.8. The van der Waals surface area contributed by atoms with Gasteiger partial charge in [0.15, 0.2) is 0 Å². The van der Waals surface area contributed by atoms with E-state index in [1.54, 1.807) is 9.34 Å². The summed E-state index contributed by atoms with van der Waals surface area (Å²) in [4.78, 5) is 0. The third kappa shape index (κ3) is 3.28. The maximum absolute atomic E-state index is 13.0. The van der Waals surface area contributed by atoms with Gasteiger partial charge in [-0.05, 0) is 0 Å². The standard InChI is InChI=1S/C9H20Cl3N2OP/c1-5-13(6-2)16(15,9(10,11)12)14(7-3)8-4/h5-8H2,1-4H3. The lowest BCUT2D eigenvalue weighted by Crippen LogP contribution is -2.37. The molecule has 0 bridgehead atoms. The molecule has 0 atom stereocenters. The summed E-state index contributed by atoms with van der Waals surface area (Å²) in [7, 11) is -3.16. The minimum absolute atomic E-state index is 0.595. The van der Waals surface area contributed by atoms with E-state index in [0.29, 0.717) is 26.2 Å². The summed E-state index contributed by atoms with van der Waals surface area (Å²) in [6.07, 6.45) is 0. The smallest absolute Gasteiger partial charge is 0.269 e. The number of alkyl halides is 3. The molecule has 0 aliphatic rings. The summed E-state index contributed by atoms with van der Waals surface area (Å²) in [5.41, 5.74) is 0. The van der Waals surface area contributed by atoms with E-state index in [1.807, 2.05) is 27.7 Å². The lowest BCUT2D eigenvalue weighted by Gasteiger charge is -2.41. The average Bonchev–Trinajstić information content (AvgIpc) is 2.19. The Morgan fingerprint density at radius 2 is 1.12 bits per heavy atom. The second-order valence-electron chi connectivity index (χ2n) is 3.29. The third-order valence-corrected chi connectivity index (χ3v) is 7.86. The van der Waals surface area contributed by atoms with Crippen molar-refractivity contribution >= 4 is 42.2 Å². The molecule has 0 spiro atoms.